The number of benzene rings is 2. The Morgan fingerprint density at radius 2 is 1.62 bits per heavy atom. The van der Waals surface area contributed by atoms with E-state index < -0.39 is 9.84 Å². The molecule has 0 aromatic heterocycles. The minimum Gasteiger partial charge on any atom is -0.411 e. The lowest BCUT2D eigenvalue weighted by molar-refractivity contribution is 0.280. The molecule has 6 nitrogen and oxygen atoms in total. The van der Waals surface area contributed by atoms with E-state index in [4.69, 9.17) is 0 Å². The lowest BCUT2D eigenvalue weighted by Crippen LogP contribution is -2.48. The number of hydrogen-bond donors (Lipinski definition) is 1. The number of sulfone groups is 1. The highest BCUT2D eigenvalue weighted by molar-refractivity contribution is 7.90. The molecule has 1 aliphatic rings. The van der Waals surface area contributed by atoms with Gasteiger partial charge in [0.2, 0.25) is 0 Å². The van der Waals surface area contributed by atoms with Crippen LogP contribution in [0.1, 0.15) is 5.56 Å². The van der Waals surface area contributed by atoms with E-state index in [9.17, 15) is 13.6 Å². The summed E-state index contributed by atoms with van der Waals surface area (Å²) in [7, 11) is -3.23. The van der Waals surface area contributed by atoms with Crippen LogP contribution in [0.25, 0.3) is 0 Å². The van der Waals surface area contributed by atoms with Gasteiger partial charge in [0.25, 0.3) is 0 Å². The number of oxime groups is 1. The molecule has 0 bridgehead atoms. The van der Waals surface area contributed by atoms with Crippen molar-refractivity contribution < 1.29 is 13.6 Å². The third kappa shape index (κ3) is 4.42. The minimum absolute atomic E-state index is 0.259. The molecule has 26 heavy (non-hydrogen) atoms. The van der Waals surface area contributed by atoms with E-state index in [0.29, 0.717) is 12.3 Å². The average Bonchev–Trinajstić information content (AvgIpc) is 2.67. The van der Waals surface area contributed by atoms with E-state index in [1.54, 1.807) is 24.3 Å². The zero-order chi connectivity index (χ0) is 18.6. The van der Waals surface area contributed by atoms with Crippen molar-refractivity contribution >= 4 is 21.2 Å². The van der Waals surface area contributed by atoms with E-state index in [-0.39, 0.29) is 4.90 Å². The Morgan fingerprint density at radius 3 is 2.15 bits per heavy atom. The smallest absolute Gasteiger partial charge is 0.175 e. The van der Waals surface area contributed by atoms with E-state index in [1.807, 2.05) is 18.2 Å². The summed E-state index contributed by atoms with van der Waals surface area (Å²) in [6.45, 7) is 4.09. The molecule has 0 radical (unpaired) electrons. The summed E-state index contributed by atoms with van der Waals surface area (Å²) in [4.78, 5) is 4.83. The zero-order valence-electron chi connectivity index (χ0n) is 14.7. The predicted molar refractivity (Wildman–Crippen MR) is 103 cm³/mol. The maximum atomic E-state index is 11.6. The molecule has 2 aromatic rings. The largest absolute Gasteiger partial charge is 0.411 e. The van der Waals surface area contributed by atoms with Crippen LogP contribution in [0.15, 0.2) is 64.6 Å². The van der Waals surface area contributed by atoms with Crippen LogP contribution in [0.3, 0.4) is 0 Å². The average molecular weight is 373 g/mol. The predicted octanol–water partition coefficient (Wildman–Crippen LogP) is 2.09. The van der Waals surface area contributed by atoms with Crippen LogP contribution in [0.2, 0.25) is 0 Å². The van der Waals surface area contributed by atoms with Crippen molar-refractivity contribution in [1.29, 1.82) is 0 Å². The lowest BCUT2D eigenvalue weighted by Gasteiger charge is -2.36. The number of para-hydroxylation sites is 1. The molecule has 1 aliphatic heterocycles. The van der Waals surface area contributed by atoms with Gasteiger partial charge in [0, 0.05) is 50.2 Å². The summed E-state index contributed by atoms with van der Waals surface area (Å²) in [6.07, 6.45) is 1.18. The SMILES string of the molecule is CS(=O)(=O)c1ccc(/C(CN2CCN(c3ccccc3)CC2)=N\O)cc1. The highest BCUT2D eigenvalue weighted by Gasteiger charge is 2.19. The molecule has 0 atom stereocenters. The Balaban J connectivity index is 1.61. The molecule has 1 N–H and O–H groups in total. The Hall–Kier alpha value is -2.38. The lowest BCUT2D eigenvalue weighted by atomic mass is 10.1. The van der Waals surface area contributed by atoms with Gasteiger partial charge in [-0.15, -0.1) is 0 Å². The summed E-state index contributed by atoms with van der Waals surface area (Å²) >= 11 is 0. The van der Waals surface area contributed by atoms with Gasteiger partial charge in [-0.1, -0.05) is 35.5 Å². The maximum Gasteiger partial charge on any atom is 0.175 e. The second kappa shape index (κ2) is 7.88. The van der Waals surface area contributed by atoms with Crippen molar-refractivity contribution in [1.82, 2.24) is 4.90 Å². The zero-order valence-corrected chi connectivity index (χ0v) is 15.6. The molecular formula is C19H23N3O3S. The van der Waals surface area contributed by atoms with Crippen LogP contribution in [-0.4, -0.2) is 63.2 Å². The highest BCUT2D eigenvalue weighted by atomic mass is 32.2. The van der Waals surface area contributed by atoms with Gasteiger partial charge in [-0.2, -0.15) is 0 Å². The molecule has 3 rings (SSSR count). The number of rotatable bonds is 5. The first-order valence-electron chi connectivity index (χ1n) is 8.51. The molecule has 0 unspecified atom stereocenters. The van der Waals surface area contributed by atoms with Crippen molar-refractivity contribution in [2.75, 3.05) is 43.9 Å². The Morgan fingerprint density at radius 1 is 1.00 bits per heavy atom. The van der Waals surface area contributed by atoms with Gasteiger partial charge < -0.3 is 10.1 Å². The third-order valence-corrected chi connectivity index (χ3v) is 5.73. The topological polar surface area (TPSA) is 73.2 Å². The molecule has 1 saturated heterocycles. The van der Waals surface area contributed by atoms with Gasteiger partial charge in [0.05, 0.1) is 4.90 Å². The van der Waals surface area contributed by atoms with E-state index in [1.165, 1.54) is 11.9 Å². The van der Waals surface area contributed by atoms with Gasteiger partial charge in [0.15, 0.2) is 9.84 Å². The standard InChI is InChI=1S/C19H23N3O3S/c1-26(24,25)18-9-7-16(8-10-18)19(20-23)15-21-11-13-22(14-12-21)17-5-3-2-4-6-17/h2-10,23H,11-15H2,1H3/b20-19-. The molecule has 0 saturated carbocycles. The second-order valence-corrected chi connectivity index (χ2v) is 8.46. The van der Waals surface area contributed by atoms with Crippen LogP contribution in [0.4, 0.5) is 5.69 Å². The number of anilines is 1. The normalized spacial score (nSPS) is 16.7. The van der Waals surface area contributed by atoms with Gasteiger partial charge in [-0.05, 0) is 24.3 Å². The maximum absolute atomic E-state index is 11.6. The fourth-order valence-electron chi connectivity index (χ4n) is 3.09. The Bertz CT molecular complexity index is 857. The van der Waals surface area contributed by atoms with E-state index in [2.05, 4.69) is 27.1 Å². The van der Waals surface area contributed by atoms with Crippen LogP contribution in [0, 0.1) is 0 Å². The Labute approximate surface area is 154 Å². The van der Waals surface area contributed by atoms with Crippen LogP contribution in [-0.2, 0) is 9.84 Å². The molecule has 2 aromatic carbocycles. The molecule has 1 fully saturated rings. The first kappa shape index (κ1) is 18.4. The molecule has 0 aliphatic carbocycles. The molecule has 0 spiro atoms. The summed E-state index contributed by atoms with van der Waals surface area (Å²) < 4.78 is 23.1. The summed E-state index contributed by atoms with van der Waals surface area (Å²) in [5.74, 6) is 0. The quantitative estimate of drug-likeness (QED) is 0.494. The monoisotopic (exact) mass is 373 g/mol. The van der Waals surface area contributed by atoms with Crippen molar-refractivity contribution in [3.8, 4) is 0 Å². The third-order valence-electron chi connectivity index (χ3n) is 4.60. The van der Waals surface area contributed by atoms with Gasteiger partial charge in [0.1, 0.15) is 5.71 Å². The van der Waals surface area contributed by atoms with Gasteiger partial charge >= 0.3 is 0 Å². The molecular weight excluding hydrogens is 350 g/mol. The second-order valence-electron chi connectivity index (χ2n) is 6.44. The first-order chi connectivity index (χ1) is 12.5. The summed E-state index contributed by atoms with van der Waals surface area (Å²) in [5, 5.41) is 12.8. The number of hydrogen-bond acceptors (Lipinski definition) is 6. The van der Waals surface area contributed by atoms with E-state index >= 15 is 0 Å². The summed E-state index contributed by atoms with van der Waals surface area (Å²) in [5.41, 5.74) is 2.49. The molecule has 0 amide bonds. The van der Waals surface area contributed by atoms with Crippen molar-refractivity contribution in [3.05, 3.63) is 60.2 Å². The molecule has 1 heterocycles. The van der Waals surface area contributed by atoms with Crippen molar-refractivity contribution in [3.63, 3.8) is 0 Å². The first-order valence-corrected chi connectivity index (χ1v) is 10.4. The van der Waals surface area contributed by atoms with Gasteiger partial charge in [-0.25, -0.2) is 8.42 Å². The molecule has 138 valence electrons. The summed E-state index contributed by atoms with van der Waals surface area (Å²) in [6, 6.07) is 16.8. The van der Waals surface area contributed by atoms with Crippen LogP contribution < -0.4 is 4.90 Å². The number of nitrogens with zero attached hydrogens (tertiary/aromatic N) is 3. The van der Waals surface area contributed by atoms with Crippen LogP contribution in [0.5, 0.6) is 0 Å². The highest BCUT2D eigenvalue weighted by Crippen LogP contribution is 2.16. The van der Waals surface area contributed by atoms with E-state index in [0.717, 1.165) is 31.7 Å². The molecule has 7 heteroatoms. The fraction of sp³-hybridized carbons (Fsp3) is 0.316. The van der Waals surface area contributed by atoms with Crippen molar-refractivity contribution in [2.45, 2.75) is 4.90 Å². The van der Waals surface area contributed by atoms with Gasteiger partial charge in [-0.3, -0.25) is 4.90 Å². The number of piperazine rings is 1. The Kier molecular flexibility index (Phi) is 5.58. The minimum atomic E-state index is -3.23. The fourth-order valence-corrected chi connectivity index (χ4v) is 3.72. The van der Waals surface area contributed by atoms with Crippen LogP contribution >= 0.6 is 0 Å². The van der Waals surface area contributed by atoms with Crippen molar-refractivity contribution in [2.24, 2.45) is 5.16 Å².